The molecule has 1 amide bonds. The van der Waals surface area contributed by atoms with Crippen molar-refractivity contribution in [1.29, 1.82) is 0 Å². The van der Waals surface area contributed by atoms with E-state index < -0.39 is 0 Å². The number of aryl methyl sites for hydroxylation is 1. The SMILES string of the molecule is Cc1cc(C(N)=S)nc(NC(C)C(=O)N2CCCCC2)n1. The molecule has 0 radical (unpaired) electrons. The number of carbonyl (C=O) groups excluding carboxylic acids is 1. The summed E-state index contributed by atoms with van der Waals surface area (Å²) >= 11 is 4.93. The van der Waals surface area contributed by atoms with Crippen LogP contribution in [0.15, 0.2) is 6.07 Å². The molecule has 2 heterocycles. The van der Waals surface area contributed by atoms with Crippen LogP contribution < -0.4 is 11.1 Å². The Morgan fingerprint density at radius 1 is 1.38 bits per heavy atom. The van der Waals surface area contributed by atoms with Crippen LogP contribution in [0.5, 0.6) is 0 Å². The monoisotopic (exact) mass is 307 g/mol. The second-order valence-corrected chi connectivity index (χ2v) is 5.77. The lowest BCUT2D eigenvalue weighted by atomic mass is 10.1. The molecule has 0 aromatic carbocycles. The van der Waals surface area contributed by atoms with Crippen LogP contribution in [0.2, 0.25) is 0 Å². The number of thiocarbonyl (C=S) groups is 1. The molecule has 0 saturated carbocycles. The number of hydrogen-bond donors (Lipinski definition) is 2. The maximum atomic E-state index is 12.4. The number of piperidine rings is 1. The summed E-state index contributed by atoms with van der Waals surface area (Å²) in [4.78, 5) is 23.0. The average molecular weight is 307 g/mol. The van der Waals surface area contributed by atoms with Gasteiger partial charge in [0.15, 0.2) is 0 Å². The minimum Gasteiger partial charge on any atom is -0.388 e. The Hall–Kier alpha value is -1.76. The summed E-state index contributed by atoms with van der Waals surface area (Å²) in [6, 6.07) is 1.36. The van der Waals surface area contributed by atoms with Crippen molar-refractivity contribution >= 4 is 29.1 Å². The molecule has 1 fully saturated rings. The molecule has 0 aliphatic carbocycles. The van der Waals surface area contributed by atoms with Crippen molar-refractivity contribution in [2.75, 3.05) is 18.4 Å². The van der Waals surface area contributed by atoms with Crippen molar-refractivity contribution in [3.05, 3.63) is 17.5 Å². The van der Waals surface area contributed by atoms with Gasteiger partial charge in [0.2, 0.25) is 11.9 Å². The lowest BCUT2D eigenvalue weighted by Gasteiger charge is -2.29. The van der Waals surface area contributed by atoms with Crippen LogP contribution in [0.25, 0.3) is 0 Å². The number of nitrogens with two attached hydrogens (primary N) is 1. The van der Waals surface area contributed by atoms with E-state index in [2.05, 4.69) is 15.3 Å². The van der Waals surface area contributed by atoms with Crippen LogP contribution in [-0.4, -0.2) is 44.9 Å². The van der Waals surface area contributed by atoms with Gasteiger partial charge in [-0.2, -0.15) is 0 Å². The highest BCUT2D eigenvalue weighted by atomic mass is 32.1. The quantitative estimate of drug-likeness (QED) is 0.814. The maximum Gasteiger partial charge on any atom is 0.244 e. The van der Waals surface area contributed by atoms with Gasteiger partial charge in [0.25, 0.3) is 0 Å². The van der Waals surface area contributed by atoms with E-state index in [4.69, 9.17) is 18.0 Å². The van der Waals surface area contributed by atoms with E-state index in [-0.39, 0.29) is 16.9 Å². The maximum absolute atomic E-state index is 12.4. The Balaban J connectivity index is 2.06. The largest absolute Gasteiger partial charge is 0.388 e. The van der Waals surface area contributed by atoms with Gasteiger partial charge < -0.3 is 16.0 Å². The molecule has 0 bridgehead atoms. The van der Waals surface area contributed by atoms with Gasteiger partial charge in [-0.05, 0) is 39.2 Å². The van der Waals surface area contributed by atoms with Gasteiger partial charge in [-0.1, -0.05) is 12.2 Å². The van der Waals surface area contributed by atoms with Crippen LogP contribution in [0.4, 0.5) is 5.95 Å². The van der Waals surface area contributed by atoms with Crippen molar-refractivity contribution in [3.8, 4) is 0 Å². The molecule has 3 N–H and O–H groups in total. The highest BCUT2D eigenvalue weighted by Gasteiger charge is 2.22. The van der Waals surface area contributed by atoms with Gasteiger partial charge in [-0.15, -0.1) is 0 Å². The number of hydrogen-bond acceptors (Lipinski definition) is 5. The molecule has 1 saturated heterocycles. The highest BCUT2D eigenvalue weighted by Crippen LogP contribution is 2.12. The van der Waals surface area contributed by atoms with Crippen molar-refractivity contribution in [2.24, 2.45) is 5.73 Å². The molecule has 1 aliphatic rings. The zero-order valence-electron chi connectivity index (χ0n) is 12.4. The van der Waals surface area contributed by atoms with Crippen LogP contribution in [0.3, 0.4) is 0 Å². The molecule has 6 nitrogen and oxygen atoms in total. The second kappa shape index (κ2) is 6.80. The Morgan fingerprint density at radius 3 is 2.67 bits per heavy atom. The van der Waals surface area contributed by atoms with E-state index in [1.165, 1.54) is 6.42 Å². The first-order valence-electron chi connectivity index (χ1n) is 7.18. The van der Waals surface area contributed by atoms with Crippen molar-refractivity contribution in [3.63, 3.8) is 0 Å². The highest BCUT2D eigenvalue weighted by molar-refractivity contribution is 7.80. The molecule has 1 aromatic heterocycles. The minimum absolute atomic E-state index is 0.0803. The molecule has 2 rings (SSSR count). The number of likely N-dealkylation sites (tertiary alicyclic amines) is 1. The molecule has 1 aliphatic heterocycles. The summed E-state index contributed by atoms with van der Waals surface area (Å²) in [5.41, 5.74) is 6.87. The Bertz CT molecular complexity index is 542. The van der Waals surface area contributed by atoms with Crippen molar-refractivity contribution in [1.82, 2.24) is 14.9 Å². The lowest BCUT2D eigenvalue weighted by molar-refractivity contribution is -0.132. The van der Waals surface area contributed by atoms with Crippen LogP contribution >= 0.6 is 12.2 Å². The van der Waals surface area contributed by atoms with Gasteiger partial charge in [-0.3, -0.25) is 4.79 Å². The number of anilines is 1. The third-order valence-electron chi connectivity index (χ3n) is 3.49. The fourth-order valence-corrected chi connectivity index (χ4v) is 2.51. The molecule has 0 spiro atoms. The number of amides is 1. The van der Waals surface area contributed by atoms with Gasteiger partial charge in [0.05, 0.1) is 0 Å². The average Bonchev–Trinajstić information content (AvgIpc) is 2.46. The first-order chi connectivity index (χ1) is 9.97. The summed E-state index contributed by atoms with van der Waals surface area (Å²) in [6.07, 6.45) is 3.35. The molecule has 21 heavy (non-hydrogen) atoms. The molecule has 7 heteroatoms. The Kier molecular flexibility index (Phi) is 5.06. The van der Waals surface area contributed by atoms with Crippen LogP contribution in [-0.2, 0) is 4.79 Å². The molecular weight excluding hydrogens is 286 g/mol. The van der Waals surface area contributed by atoms with Gasteiger partial charge in [-0.25, -0.2) is 9.97 Å². The number of nitrogens with one attached hydrogen (secondary N) is 1. The molecular formula is C14H21N5OS. The van der Waals surface area contributed by atoms with E-state index >= 15 is 0 Å². The molecule has 1 aromatic rings. The van der Waals surface area contributed by atoms with E-state index in [9.17, 15) is 4.79 Å². The summed E-state index contributed by atoms with van der Waals surface area (Å²) in [5, 5.41) is 3.05. The fourth-order valence-electron chi connectivity index (χ4n) is 2.40. The second-order valence-electron chi connectivity index (χ2n) is 5.33. The van der Waals surface area contributed by atoms with Crippen LogP contribution in [0, 0.1) is 6.92 Å². The number of carbonyl (C=O) groups is 1. The summed E-state index contributed by atoms with van der Waals surface area (Å²) in [6.45, 7) is 5.32. The van der Waals surface area contributed by atoms with Gasteiger partial charge in [0.1, 0.15) is 16.7 Å². The van der Waals surface area contributed by atoms with Crippen LogP contribution in [0.1, 0.15) is 37.6 Å². The summed E-state index contributed by atoms with van der Waals surface area (Å²) in [7, 11) is 0. The van der Waals surface area contributed by atoms with E-state index in [1.807, 2.05) is 18.7 Å². The predicted molar refractivity (Wildman–Crippen MR) is 86.2 cm³/mol. The van der Waals surface area contributed by atoms with E-state index in [0.717, 1.165) is 31.6 Å². The fraction of sp³-hybridized carbons (Fsp3) is 0.571. The first-order valence-corrected chi connectivity index (χ1v) is 7.59. The summed E-state index contributed by atoms with van der Waals surface area (Å²) < 4.78 is 0. The molecule has 1 unspecified atom stereocenters. The number of rotatable bonds is 4. The predicted octanol–water partition coefficient (Wildman–Crippen LogP) is 1.23. The Morgan fingerprint density at radius 2 is 2.05 bits per heavy atom. The van der Waals surface area contributed by atoms with Crippen molar-refractivity contribution < 1.29 is 4.79 Å². The van der Waals surface area contributed by atoms with Gasteiger partial charge >= 0.3 is 0 Å². The zero-order chi connectivity index (χ0) is 15.4. The third-order valence-corrected chi connectivity index (χ3v) is 3.70. The topological polar surface area (TPSA) is 84.1 Å². The van der Waals surface area contributed by atoms with Gasteiger partial charge in [0, 0.05) is 18.8 Å². The third kappa shape index (κ3) is 4.10. The normalized spacial score (nSPS) is 16.4. The Labute approximate surface area is 130 Å². The van der Waals surface area contributed by atoms with Crippen molar-refractivity contribution in [2.45, 2.75) is 39.2 Å². The number of nitrogens with zero attached hydrogens (tertiary/aromatic N) is 3. The summed E-state index contributed by atoms with van der Waals surface area (Å²) in [5.74, 6) is 0.465. The first kappa shape index (κ1) is 15.6. The standard InChI is InChI=1S/C14H21N5OS/c1-9-8-11(12(15)21)18-14(16-9)17-10(2)13(20)19-6-4-3-5-7-19/h8,10H,3-7H2,1-2H3,(H2,15,21)(H,16,17,18). The minimum atomic E-state index is -0.371. The smallest absolute Gasteiger partial charge is 0.244 e. The molecule has 114 valence electrons. The van der Waals surface area contributed by atoms with E-state index in [1.54, 1.807) is 6.07 Å². The number of aromatic nitrogens is 2. The zero-order valence-corrected chi connectivity index (χ0v) is 13.2. The lowest BCUT2D eigenvalue weighted by Crippen LogP contribution is -2.44. The van der Waals surface area contributed by atoms with E-state index in [0.29, 0.717) is 11.6 Å². The molecule has 1 atom stereocenters.